The maximum Gasteiger partial charge on any atom is 0.246 e. The molecule has 1 aliphatic heterocycles. The molecule has 20 heavy (non-hydrogen) atoms. The van der Waals surface area contributed by atoms with Crippen LogP contribution in [0.3, 0.4) is 0 Å². The smallest absolute Gasteiger partial charge is 0.246 e. The van der Waals surface area contributed by atoms with Crippen molar-refractivity contribution in [1.82, 2.24) is 4.31 Å². The second-order valence-electron chi connectivity index (χ2n) is 5.58. The van der Waals surface area contributed by atoms with E-state index in [9.17, 15) is 12.8 Å². The van der Waals surface area contributed by atoms with Crippen LogP contribution >= 0.6 is 11.6 Å². The molecule has 2 N–H and O–H groups in total. The van der Waals surface area contributed by atoms with Crippen LogP contribution in [0.1, 0.15) is 19.3 Å². The average Bonchev–Trinajstić information content (AvgIpc) is 2.94. The van der Waals surface area contributed by atoms with Crippen LogP contribution in [0.4, 0.5) is 10.1 Å². The van der Waals surface area contributed by atoms with Crippen molar-refractivity contribution < 1.29 is 12.8 Å². The number of nitrogen functional groups attached to an aromatic ring is 1. The molecule has 1 saturated carbocycles. The zero-order valence-corrected chi connectivity index (χ0v) is 12.4. The highest BCUT2D eigenvalue weighted by Gasteiger charge is 2.42. The molecule has 1 aromatic rings. The molecule has 2 atom stereocenters. The third-order valence-electron chi connectivity index (χ3n) is 4.34. The van der Waals surface area contributed by atoms with Crippen LogP contribution < -0.4 is 5.73 Å². The van der Waals surface area contributed by atoms with Crippen LogP contribution in [0.15, 0.2) is 17.0 Å². The molecule has 110 valence electrons. The lowest BCUT2D eigenvalue weighted by Gasteiger charge is -2.18. The van der Waals surface area contributed by atoms with Gasteiger partial charge in [0.05, 0.1) is 5.69 Å². The van der Waals surface area contributed by atoms with Gasteiger partial charge >= 0.3 is 0 Å². The van der Waals surface area contributed by atoms with Crippen molar-refractivity contribution in [3.05, 3.63) is 23.0 Å². The highest BCUT2D eigenvalue weighted by molar-refractivity contribution is 7.89. The van der Waals surface area contributed by atoms with Gasteiger partial charge < -0.3 is 5.73 Å². The van der Waals surface area contributed by atoms with E-state index in [0.29, 0.717) is 24.9 Å². The van der Waals surface area contributed by atoms with Gasteiger partial charge in [0.15, 0.2) is 5.82 Å². The molecule has 2 aliphatic rings. The Morgan fingerprint density at radius 3 is 2.45 bits per heavy atom. The summed E-state index contributed by atoms with van der Waals surface area (Å²) in [6.45, 7) is 0.942. The van der Waals surface area contributed by atoms with Crippen LogP contribution in [-0.2, 0) is 10.0 Å². The highest BCUT2D eigenvalue weighted by Crippen LogP contribution is 2.40. The number of benzene rings is 1. The van der Waals surface area contributed by atoms with Crippen LogP contribution in [0.2, 0.25) is 5.02 Å². The van der Waals surface area contributed by atoms with Crippen LogP contribution in [0.25, 0.3) is 0 Å². The predicted molar refractivity (Wildman–Crippen MR) is 75.4 cm³/mol. The molecule has 1 aromatic carbocycles. The lowest BCUT2D eigenvalue weighted by Crippen LogP contribution is -2.30. The van der Waals surface area contributed by atoms with Crippen molar-refractivity contribution in [3.8, 4) is 0 Å². The van der Waals surface area contributed by atoms with Gasteiger partial charge in [-0.25, -0.2) is 12.8 Å². The van der Waals surface area contributed by atoms with Crippen LogP contribution in [-0.4, -0.2) is 25.8 Å². The van der Waals surface area contributed by atoms with E-state index >= 15 is 0 Å². The third-order valence-corrected chi connectivity index (χ3v) is 6.39. The number of hydrogen-bond acceptors (Lipinski definition) is 3. The van der Waals surface area contributed by atoms with Gasteiger partial charge in [-0.3, -0.25) is 0 Å². The molecule has 2 fully saturated rings. The largest absolute Gasteiger partial charge is 0.396 e. The first-order valence-corrected chi connectivity index (χ1v) is 8.46. The number of sulfonamides is 1. The molecule has 1 saturated heterocycles. The first-order valence-electron chi connectivity index (χ1n) is 6.64. The van der Waals surface area contributed by atoms with E-state index in [4.69, 9.17) is 17.3 Å². The van der Waals surface area contributed by atoms with Crippen LogP contribution in [0.5, 0.6) is 0 Å². The minimum absolute atomic E-state index is 0.127. The van der Waals surface area contributed by atoms with Crippen molar-refractivity contribution >= 4 is 27.3 Å². The van der Waals surface area contributed by atoms with Crippen molar-refractivity contribution in [2.24, 2.45) is 11.8 Å². The number of fused-ring (bicyclic) bond motifs is 1. The third kappa shape index (κ3) is 2.19. The summed E-state index contributed by atoms with van der Waals surface area (Å²) in [4.78, 5) is -0.414. The molecular weight excluding hydrogens is 303 g/mol. The van der Waals surface area contributed by atoms with Gasteiger partial charge in [0.2, 0.25) is 10.0 Å². The quantitative estimate of drug-likeness (QED) is 0.852. The molecule has 0 amide bonds. The fourth-order valence-corrected chi connectivity index (χ4v) is 5.26. The maximum absolute atomic E-state index is 14.0. The molecule has 1 aliphatic carbocycles. The normalized spacial score (nSPS) is 26.9. The molecule has 0 bridgehead atoms. The minimum atomic E-state index is -3.86. The lowest BCUT2D eigenvalue weighted by molar-refractivity contribution is 0.440. The SMILES string of the molecule is Nc1cc(Cl)cc(S(=O)(=O)N2CC3CCCC3C2)c1F. The fourth-order valence-electron chi connectivity index (χ4n) is 3.30. The predicted octanol–water partition coefficient (Wildman–Crippen LogP) is 2.48. The summed E-state index contributed by atoms with van der Waals surface area (Å²) < 4.78 is 40.5. The monoisotopic (exact) mass is 318 g/mol. The Hall–Kier alpha value is -0.850. The summed E-state index contributed by atoms with van der Waals surface area (Å²) in [6, 6.07) is 2.35. The number of halogens is 2. The van der Waals surface area contributed by atoms with E-state index < -0.39 is 20.7 Å². The number of anilines is 1. The van der Waals surface area contributed by atoms with Gasteiger partial charge in [0.25, 0.3) is 0 Å². The first kappa shape index (κ1) is 14.1. The summed E-state index contributed by atoms with van der Waals surface area (Å²) in [7, 11) is -3.86. The standard InChI is InChI=1S/C13H16ClFN2O2S/c14-10-4-11(16)13(15)12(5-10)20(18,19)17-6-8-2-1-3-9(8)7-17/h4-5,8-9H,1-3,6-7,16H2. The Kier molecular flexibility index (Phi) is 3.43. The molecule has 7 heteroatoms. The fraction of sp³-hybridized carbons (Fsp3) is 0.538. The van der Waals surface area contributed by atoms with Gasteiger partial charge in [-0.2, -0.15) is 4.31 Å². The number of nitrogens with two attached hydrogens (primary N) is 1. The van der Waals surface area contributed by atoms with E-state index in [1.165, 1.54) is 10.4 Å². The first-order chi connectivity index (χ1) is 9.39. The summed E-state index contributed by atoms with van der Waals surface area (Å²) in [5.74, 6) is -0.0970. The van der Waals surface area contributed by atoms with Crippen molar-refractivity contribution in [2.75, 3.05) is 18.8 Å². The molecule has 3 rings (SSSR count). The summed E-state index contributed by atoms with van der Waals surface area (Å²) in [6.07, 6.45) is 3.26. The molecule has 0 aromatic heterocycles. The zero-order valence-electron chi connectivity index (χ0n) is 10.9. The van der Waals surface area contributed by atoms with Gasteiger partial charge in [0, 0.05) is 18.1 Å². The summed E-state index contributed by atoms with van der Waals surface area (Å²) in [5.41, 5.74) is 5.23. The Balaban J connectivity index is 1.97. The Morgan fingerprint density at radius 2 is 1.85 bits per heavy atom. The highest BCUT2D eigenvalue weighted by atomic mass is 35.5. The van der Waals surface area contributed by atoms with E-state index in [-0.39, 0.29) is 10.7 Å². The second kappa shape index (κ2) is 4.86. The Labute approximate surface area is 122 Å². The molecular formula is C13H16ClFN2O2S. The van der Waals surface area contributed by atoms with Gasteiger partial charge in [-0.1, -0.05) is 18.0 Å². The summed E-state index contributed by atoms with van der Waals surface area (Å²) >= 11 is 5.80. The maximum atomic E-state index is 14.0. The van der Waals surface area contributed by atoms with E-state index in [0.717, 1.165) is 25.3 Å². The number of nitrogens with zero attached hydrogens (tertiary/aromatic N) is 1. The molecule has 1 heterocycles. The zero-order chi connectivity index (χ0) is 14.5. The lowest BCUT2D eigenvalue weighted by atomic mass is 10.0. The van der Waals surface area contributed by atoms with E-state index in [1.807, 2.05) is 0 Å². The molecule has 0 spiro atoms. The summed E-state index contributed by atoms with van der Waals surface area (Å²) in [5, 5.41) is 0.127. The van der Waals surface area contributed by atoms with Crippen LogP contribution in [0, 0.1) is 17.7 Å². The topological polar surface area (TPSA) is 63.4 Å². The van der Waals surface area contributed by atoms with Crippen molar-refractivity contribution in [2.45, 2.75) is 24.2 Å². The Bertz CT molecular complexity index is 638. The van der Waals surface area contributed by atoms with Crippen molar-refractivity contribution in [3.63, 3.8) is 0 Å². The Morgan fingerprint density at radius 1 is 1.25 bits per heavy atom. The molecule has 2 unspecified atom stereocenters. The van der Waals surface area contributed by atoms with Gasteiger partial charge in [-0.15, -0.1) is 0 Å². The second-order valence-corrected chi connectivity index (χ2v) is 7.92. The van der Waals surface area contributed by atoms with Gasteiger partial charge in [-0.05, 0) is 36.8 Å². The van der Waals surface area contributed by atoms with Gasteiger partial charge in [0.1, 0.15) is 4.90 Å². The van der Waals surface area contributed by atoms with Crippen molar-refractivity contribution in [1.29, 1.82) is 0 Å². The number of hydrogen-bond donors (Lipinski definition) is 1. The minimum Gasteiger partial charge on any atom is -0.396 e. The van der Waals surface area contributed by atoms with E-state index in [2.05, 4.69) is 0 Å². The molecule has 0 radical (unpaired) electrons. The van der Waals surface area contributed by atoms with E-state index in [1.54, 1.807) is 0 Å². The number of rotatable bonds is 2. The average molecular weight is 319 g/mol. The molecule has 4 nitrogen and oxygen atoms in total.